The SMILES string of the molecule is O=[N+]([O-])c1ccc(O)c2nccc(N3CCCCC3)c12. The molecule has 2 heterocycles. The molecular weight excluding hydrogens is 258 g/mol. The second-order valence-corrected chi connectivity index (χ2v) is 4.96. The lowest BCUT2D eigenvalue weighted by atomic mass is 10.1. The van der Waals surface area contributed by atoms with Crippen LogP contribution in [0.3, 0.4) is 0 Å². The first-order valence-corrected chi connectivity index (χ1v) is 6.68. The van der Waals surface area contributed by atoms with Gasteiger partial charge in [0.25, 0.3) is 5.69 Å². The van der Waals surface area contributed by atoms with Gasteiger partial charge in [0.15, 0.2) is 0 Å². The van der Waals surface area contributed by atoms with Crippen LogP contribution >= 0.6 is 0 Å². The fraction of sp³-hybridized carbons (Fsp3) is 0.357. The highest BCUT2D eigenvalue weighted by Gasteiger charge is 2.22. The number of phenolic OH excluding ortho intramolecular Hbond substituents is 1. The van der Waals surface area contributed by atoms with E-state index in [2.05, 4.69) is 9.88 Å². The van der Waals surface area contributed by atoms with E-state index in [-0.39, 0.29) is 11.4 Å². The molecule has 3 rings (SSSR count). The summed E-state index contributed by atoms with van der Waals surface area (Å²) in [5.74, 6) is -0.0236. The number of piperidine rings is 1. The molecule has 0 unspecified atom stereocenters. The van der Waals surface area contributed by atoms with Crippen molar-refractivity contribution in [3.05, 3.63) is 34.5 Å². The first-order valence-electron chi connectivity index (χ1n) is 6.68. The van der Waals surface area contributed by atoms with Crippen molar-refractivity contribution in [2.45, 2.75) is 19.3 Å². The maximum absolute atomic E-state index is 11.2. The van der Waals surface area contributed by atoms with Crippen LogP contribution in [-0.2, 0) is 0 Å². The van der Waals surface area contributed by atoms with Crippen molar-refractivity contribution in [3.63, 3.8) is 0 Å². The van der Waals surface area contributed by atoms with E-state index in [1.54, 1.807) is 12.3 Å². The third kappa shape index (κ3) is 2.03. The van der Waals surface area contributed by atoms with E-state index < -0.39 is 4.92 Å². The van der Waals surface area contributed by atoms with E-state index in [1.165, 1.54) is 18.6 Å². The fourth-order valence-electron chi connectivity index (χ4n) is 2.77. The van der Waals surface area contributed by atoms with E-state index in [1.807, 2.05) is 0 Å². The number of nitrogens with zero attached hydrogens (tertiary/aromatic N) is 3. The van der Waals surface area contributed by atoms with Gasteiger partial charge in [-0.3, -0.25) is 15.1 Å². The van der Waals surface area contributed by atoms with Crippen molar-refractivity contribution < 1.29 is 10.0 Å². The lowest BCUT2D eigenvalue weighted by Crippen LogP contribution is -2.29. The number of hydrogen-bond donors (Lipinski definition) is 1. The molecule has 104 valence electrons. The second-order valence-electron chi connectivity index (χ2n) is 4.96. The maximum atomic E-state index is 11.2. The number of fused-ring (bicyclic) bond motifs is 1. The summed E-state index contributed by atoms with van der Waals surface area (Å²) in [7, 11) is 0. The molecule has 6 heteroatoms. The number of aromatic hydroxyl groups is 1. The van der Waals surface area contributed by atoms with Gasteiger partial charge in [-0.1, -0.05) is 0 Å². The molecule has 0 aliphatic carbocycles. The van der Waals surface area contributed by atoms with Crippen molar-refractivity contribution in [1.29, 1.82) is 0 Å². The molecule has 1 aliphatic heterocycles. The Morgan fingerprint density at radius 3 is 2.65 bits per heavy atom. The molecule has 0 amide bonds. The standard InChI is InChI=1S/C14H15N3O3/c18-12-5-4-11(17(19)20)13-10(6-7-15-14(12)13)16-8-2-1-3-9-16/h4-7,18H,1-3,8-9H2. The average molecular weight is 273 g/mol. The fourth-order valence-corrected chi connectivity index (χ4v) is 2.77. The van der Waals surface area contributed by atoms with Crippen LogP contribution in [0.1, 0.15) is 19.3 Å². The number of pyridine rings is 1. The second kappa shape index (κ2) is 4.96. The molecule has 2 aromatic rings. The lowest BCUT2D eigenvalue weighted by molar-refractivity contribution is -0.383. The van der Waals surface area contributed by atoms with Gasteiger partial charge in [-0.2, -0.15) is 0 Å². The van der Waals surface area contributed by atoms with Gasteiger partial charge in [-0.15, -0.1) is 0 Å². The quantitative estimate of drug-likeness (QED) is 0.672. The lowest BCUT2D eigenvalue weighted by Gasteiger charge is -2.29. The Morgan fingerprint density at radius 1 is 1.20 bits per heavy atom. The van der Waals surface area contributed by atoms with E-state index in [0.717, 1.165) is 31.6 Å². The minimum absolute atomic E-state index is 0.00789. The molecule has 0 atom stereocenters. The molecule has 1 aromatic heterocycles. The van der Waals surface area contributed by atoms with Gasteiger partial charge in [0.05, 0.1) is 10.6 Å². The van der Waals surface area contributed by atoms with Gasteiger partial charge in [0, 0.05) is 25.4 Å². The number of nitro benzene ring substituents is 1. The van der Waals surface area contributed by atoms with E-state index in [9.17, 15) is 15.2 Å². The van der Waals surface area contributed by atoms with Gasteiger partial charge in [0.2, 0.25) is 0 Å². The topological polar surface area (TPSA) is 79.5 Å². The highest BCUT2D eigenvalue weighted by molar-refractivity contribution is 6.01. The number of nitro groups is 1. The Bertz CT molecular complexity index is 666. The van der Waals surface area contributed by atoms with Crippen LogP contribution in [0.25, 0.3) is 10.9 Å². The number of non-ortho nitro benzene ring substituents is 1. The molecule has 0 bridgehead atoms. The van der Waals surface area contributed by atoms with E-state index in [0.29, 0.717) is 10.9 Å². The Morgan fingerprint density at radius 2 is 1.95 bits per heavy atom. The number of phenols is 1. The molecule has 0 spiro atoms. The van der Waals surface area contributed by atoms with Crippen LogP contribution in [-0.4, -0.2) is 28.1 Å². The van der Waals surface area contributed by atoms with Gasteiger partial charge in [-0.25, -0.2) is 0 Å². The zero-order valence-corrected chi connectivity index (χ0v) is 11.0. The van der Waals surface area contributed by atoms with Crippen LogP contribution in [0.2, 0.25) is 0 Å². The smallest absolute Gasteiger partial charge is 0.281 e. The molecule has 1 aromatic carbocycles. The molecule has 1 fully saturated rings. The van der Waals surface area contributed by atoms with Crippen LogP contribution < -0.4 is 4.90 Å². The third-order valence-corrected chi connectivity index (χ3v) is 3.72. The largest absolute Gasteiger partial charge is 0.506 e. The monoisotopic (exact) mass is 273 g/mol. The van der Waals surface area contributed by atoms with Crippen LogP contribution in [0, 0.1) is 10.1 Å². The number of rotatable bonds is 2. The summed E-state index contributed by atoms with van der Waals surface area (Å²) in [5, 5.41) is 21.6. The summed E-state index contributed by atoms with van der Waals surface area (Å²) in [6.45, 7) is 1.76. The zero-order chi connectivity index (χ0) is 14.1. The Balaban J connectivity index is 2.25. The summed E-state index contributed by atoms with van der Waals surface area (Å²) < 4.78 is 0. The molecule has 1 N–H and O–H groups in total. The molecule has 6 nitrogen and oxygen atoms in total. The van der Waals surface area contributed by atoms with Crippen molar-refractivity contribution in [2.75, 3.05) is 18.0 Å². The average Bonchev–Trinajstić information content (AvgIpc) is 2.48. The molecule has 1 aliphatic rings. The van der Waals surface area contributed by atoms with Gasteiger partial charge in [0.1, 0.15) is 16.7 Å². The van der Waals surface area contributed by atoms with Crippen molar-refractivity contribution in [2.24, 2.45) is 0 Å². The van der Waals surface area contributed by atoms with Crippen LogP contribution in [0.4, 0.5) is 11.4 Å². The predicted molar refractivity (Wildman–Crippen MR) is 76.1 cm³/mol. The predicted octanol–water partition coefficient (Wildman–Crippen LogP) is 2.84. The van der Waals surface area contributed by atoms with Crippen molar-refractivity contribution in [3.8, 4) is 5.75 Å². The number of anilines is 1. The normalized spacial score (nSPS) is 15.5. The van der Waals surface area contributed by atoms with Crippen molar-refractivity contribution in [1.82, 2.24) is 4.98 Å². The van der Waals surface area contributed by atoms with Crippen LogP contribution in [0.15, 0.2) is 24.4 Å². The van der Waals surface area contributed by atoms with Gasteiger partial charge < -0.3 is 10.0 Å². The molecule has 0 saturated carbocycles. The molecular formula is C14H15N3O3. The summed E-state index contributed by atoms with van der Waals surface area (Å²) in [4.78, 5) is 17.1. The molecule has 1 saturated heterocycles. The van der Waals surface area contributed by atoms with E-state index in [4.69, 9.17) is 0 Å². The van der Waals surface area contributed by atoms with Crippen LogP contribution in [0.5, 0.6) is 5.75 Å². The number of aromatic nitrogens is 1. The summed E-state index contributed by atoms with van der Waals surface area (Å²) in [6, 6.07) is 4.46. The molecule has 20 heavy (non-hydrogen) atoms. The first-order chi connectivity index (χ1) is 9.68. The summed E-state index contributed by atoms with van der Waals surface area (Å²) in [6.07, 6.45) is 4.94. The van der Waals surface area contributed by atoms with Gasteiger partial charge >= 0.3 is 0 Å². The zero-order valence-electron chi connectivity index (χ0n) is 11.0. The highest BCUT2D eigenvalue weighted by Crippen LogP contribution is 2.38. The maximum Gasteiger partial charge on any atom is 0.281 e. The summed E-state index contributed by atoms with van der Waals surface area (Å²) >= 11 is 0. The Hall–Kier alpha value is -2.37. The van der Waals surface area contributed by atoms with E-state index >= 15 is 0 Å². The molecule has 0 radical (unpaired) electrons. The highest BCUT2D eigenvalue weighted by atomic mass is 16.6. The van der Waals surface area contributed by atoms with Crippen molar-refractivity contribution >= 4 is 22.3 Å². The minimum atomic E-state index is -0.420. The summed E-state index contributed by atoms with van der Waals surface area (Å²) in [5.41, 5.74) is 1.08. The Labute approximate surface area is 115 Å². The Kier molecular flexibility index (Phi) is 3.14. The first kappa shape index (κ1) is 12.7. The number of hydrogen-bond acceptors (Lipinski definition) is 5. The minimum Gasteiger partial charge on any atom is -0.506 e. The van der Waals surface area contributed by atoms with Gasteiger partial charge in [-0.05, 0) is 31.4 Å². The number of benzene rings is 1. The third-order valence-electron chi connectivity index (χ3n) is 3.72.